The SMILES string of the molecule is CCCNC(c1ccn[nH]1)c1cccs1. The second kappa shape index (κ2) is 5.09. The van der Waals surface area contributed by atoms with Gasteiger partial charge in [0, 0.05) is 11.1 Å². The van der Waals surface area contributed by atoms with Gasteiger partial charge in [-0.05, 0) is 30.5 Å². The average molecular weight is 221 g/mol. The van der Waals surface area contributed by atoms with Crippen LogP contribution in [0.15, 0.2) is 29.8 Å². The summed E-state index contributed by atoms with van der Waals surface area (Å²) >= 11 is 1.77. The maximum atomic E-state index is 4.00. The Morgan fingerprint density at radius 3 is 3.07 bits per heavy atom. The van der Waals surface area contributed by atoms with Crippen LogP contribution in [0.4, 0.5) is 0 Å². The molecule has 80 valence electrons. The third-order valence-corrected chi connectivity index (χ3v) is 3.20. The molecule has 15 heavy (non-hydrogen) atoms. The molecule has 1 atom stereocenters. The standard InChI is InChI=1S/C11H15N3S/c1-2-6-12-11(9-5-7-13-14-9)10-4-3-8-15-10/h3-5,7-8,11-12H,2,6H2,1H3,(H,13,14). The molecule has 0 bridgehead atoms. The third-order valence-electron chi connectivity index (χ3n) is 2.26. The highest BCUT2D eigenvalue weighted by molar-refractivity contribution is 7.10. The fourth-order valence-corrected chi connectivity index (χ4v) is 2.35. The maximum Gasteiger partial charge on any atom is 0.0839 e. The van der Waals surface area contributed by atoms with Crippen molar-refractivity contribution in [1.82, 2.24) is 15.5 Å². The van der Waals surface area contributed by atoms with Gasteiger partial charge in [-0.3, -0.25) is 5.10 Å². The lowest BCUT2D eigenvalue weighted by molar-refractivity contribution is 0.592. The van der Waals surface area contributed by atoms with Gasteiger partial charge in [0.25, 0.3) is 0 Å². The summed E-state index contributed by atoms with van der Waals surface area (Å²) in [6.45, 7) is 3.19. The molecule has 4 heteroatoms. The molecule has 2 N–H and O–H groups in total. The van der Waals surface area contributed by atoms with E-state index in [9.17, 15) is 0 Å². The first-order chi connectivity index (χ1) is 7.42. The van der Waals surface area contributed by atoms with E-state index in [1.165, 1.54) is 4.88 Å². The molecule has 0 saturated heterocycles. The Morgan fingerprint density at radius 1 is 1.53 bits per heavy atom. The summed E-state index contributed by atoms with van der Waals surface area (Å²) in [6.07, 6.45) is 2.93. The van der Waals surface area contributed by atoms with Crippen molar-refractivity contribution in [3.8, 4) is 0 Å². The van der Waals surface area contributed by atoms with E-state index in [0.29, 0.717) is 0 Å². The number of rotatable bonds is 5. The zero-order valence-corrected chi connectivity index (χ0v) is 9.55. The minimum atomic E-state index is 0.257. The van der Waals surface area contributed by atoms with E-state index in [0.717, 1.165) is 18.7 Å². The fraction of sp³-hybridized carbons (Fsp3) is 0.364. The number of aromatic nitrogens is 2. The number of nitrogens with zero attached hydrogens (tertiary/aromatic N) is 1. The topological polar surface area (TPSA) is 40.7 Å². The molecule has 2 aromatic rings. The van der Waals surface area contributed by atoms with Gasteiger partial charge in [-0.15, -0.1) is 11.3 Å². The van der Waals surface area contributed by atoms with Crippen LogP contribution in [0.25, 0.3) is 0 Å². The Morgan fingerprint density at radius 2 is 2.47 bits per heavy atom. The van der Waals surface area contributed by atoms with Gasteiger partial charge >= 0.3 is 0 Å². The predicted octanol–water partition coefficient (Wildman–Crippen LogP) is 2.56. The molecule has 0 aliphatic heterocycles. The molecule has 0 fully saturated rings. The number of thiophene rings is 1. The lowest BCUT2D eigenvalue weighted by Crippen LogP contribution is -2.22. The van der Waals surface area contributed by atoms with E-state index in [4.69, 9.17) is 0 Å². The van der Waals surface area contributed by atoms with Gasteiger partial charge in [0.1, 0.15) is 0 Å². The second-order valence-corrected chi connectivity index (χ2v) is 4.39. The molecule has 3 nitrogen and oxygen atoms in total. The highest BCUT2D eigenvalue weighted by Crippen LogP contribution is 2.24. The Bertz CT molecular complexity index is 332. The molecule has 0 aliphatic rings. The summed E-state index contributed by atoms with van der Waals surface area (Å²) in [4.78, 5) is 1.33. The van der Waals surface area contributed by atoms with Crippen LogP contribution in [-0.2, 0) is 0 Å². The van der Waals surface area contributed by atoms with Crippen molar-refractivity contribution in [2.75, 3.05) is 6.54 Å². The van der Waals surface area contributed by atoms with Crippen molar-refractivity contribution < 1.29 is 0 Å². The smallest absolute Gasteiger partial charge is 0.0839 e. The van der Waals surface area contributed by atoms with E-state index in [1.54, 1.807) is 17.5 Å². The van der Waals surface area contributed by atoms with Gasteiger partial charge in [-0.2, -0.15) is 5.10 Å². The van der Waals surface area contributed by atoms with Crippen molar-refractivity contribution in [1.29, 1.82) is 0 Å². The average Bonchev–Trinajstić information content (AvgIpc) is 2.90. The molecule has 0 aromatic carbocycles. The van der Waals surface area contributed by atoms with Crippen LogP contribution in [0.3, 0.4) is 0 Å². The van der Waals surface area contributed by atoms with Crippen LogP contribution in [0.2, 0.25) is 0 Å². The third kappa shape index (κ3) is 2.46. The van der Waals surface area contributed by atoms with Gasteiger partial charge in [0.15, 0.2) is 0 Å². The molecule has 0 spiro atoms. The Balaban J connectivity index is 2.17. The van der Waals surface area contributed by atoms with Gasteiger partial charge in [-0.1, -0.05) is 13.0 Å². The van der Waals surface area contributed by atoms with Gasteiger partial charge < -0.3 is 5.32 Å². The molecule has 0 amide bonds. The first-order valence-electron chi connectivity index (χ1n) is 5.18. The van der Waals surface area contributed by atoms with Crippen LogP contribution in [0.1, 0.15) is 30.0 Å². The van der Waals surface area contributed by atoms with E-state index < -0.39 is 0 Å². The summed E-state index contributed by atoms with van der Waals surface area (Å²) in [5.74, 6) is 0. The molecular formula is C11H15N3S. The summed E-state index contributed by atoms with van der Waals surface area (Å²) in [5.41, 5.74) is 1.13. The molecule has 0 radical (unpaired) electrons. The number of aromatic amines is 1. The quantitative estimate of drug-likeness (QED) is 0.814. The summed E-state index contributed by atoms with van der Waals surface area (Å²) in [6, 6.07) is 6.51. The number of hydrogen-bond donors (Lipinski definition) is 2. The maximum absolute atomic E-state index is 4.00. The molecule has 2 aromatic heterocycles. The van der Waals surface area contributed by atoms with E-state index in [-0.39, 0.29) is 6.04 Å². The van der Waals surface area contributed by atoms with E-state index >= 15 is 0 Å². The zero-order chi connectivity index (χ0) is 10.5. The van der Waals surface area contributed by atoms with E-state index in [1.807, 2.05) is 6.07 Å². The Hall–Kier alpha value is -1.13. The molecule has 1 unspecified atom stereocenters. The van der Waals surface area contributed by atoms with Crippen LogP contribution in [0.5, 0.6) is 0 Å². The van der Waals surface area contributed by atoms with Crippen molar-refractivity contribution in [3.05, 3.63) is 40.3 Å². The fourth-order valence-electron chi connectivity index (χ4n) is 1.54. The van der Waals surface area contributed by atoms with Gasteiger partial charge in [0.2, 0.25) is 0 Å². The Kier molecular flexibility index (Phi) is 3.53. The normalized spacial score (nSPS) is 12.9. The Labute approximate surface area is 93.5 Å². The van der Waals surface area contributed by atoms with Crippen LogP contribution < -0.4 is 5.32 Å². The molecule has 2 heterocycles. The van der Waals surface area contributed by atoms with Crippen molar-refractivity contribution >= 4 is 11.3 Å². The summed E-state index contributed by atoms with van der Waals surface area (Å²) in [7, 11) is 0. The van der Waals surface area contributed by atoms with Crippen molar-refractivity contribution in [2.45, 2.75) is 19.4 Å². The monoisotopic (exact) mass is 221 g/mol. The van der Waals surface area contributed by atoms with Crippen molar-refractivity contribution in [3.63, 3.8) is 0 Å². The van der Waals surface area contributed by atoms with Gasteiger partial charge in [0.05, 0.1) is 11.7 Å². The molecule has 2 rings (SSSR count). The zero-order valence-electron chi connectivity index (χ0n) is 8.73. The second-order valence-electron chi connectivity index (χ2n) is 3.41. The minimum absolute atomic E-state index is 0.257. The number of H-pyrrole nitrogens is 1. The lowest BCUT2D eigenvalue weighted by Gasteiger charge is -2.15. The van der Waals surface area contributed by atoms with Gasteiger partial charge in [-0.25, -0.2) is 0 Å². The first-order valence-corrected chi connectivity index (χ1v) is 6.06. The van der Waals surface area contributed by atoms with Crippen LogP contribution >= 0.6 is 11.3 Å². The highest BCUT2D eigenvalue weighted by atomic mass is 32.1. The number of hydrogen-bond acceptors (Lipinski definition) is 3. The summed E-state index contributed by atoms with van der Waals surface area (Å²) < 4.78 is 0. The van der Waals surface area contributed by atoms with Crippen molar-refractivity contribution in [2.24, 2.45) is 0 Å². The number of nitrogens with one attached hydrogen (secondary N) is 2. The molecule has 0 aliphatic carbocycles. The highest BCUT2D eigenvalue weighted by Gasteiger charge is 2.14. The predicted molar refractivity (Wildman–Crippen MR) is 63.0 cm³/mol. The lowest BCUT2D eigenvalue weighted by atomic mass is 10.1. The van der Waals surface area contributed by atoms with Crippen LogP contribution in [0, 0.1) is 0 Å². The first kappa shape index (κ1) is 10.4. The molecule has 0 saturated carbocycles. The minimum Gasteiger partial charge on any atom is -0.304 e. The van der Waals surface area contributed by atoms with Crippen LogP contribution in [-0.4, -0.2) is 16.7 Å². The summed E-state index contributed by atoms with van der Waals surface area (Å²) in [5, 5.41) is 12.6. The van der Waals surface area contributed by atoms with E-state index in [2.05, 4.69) is 40.0 Å². The largest absolute Gasteiger partial charge is 0.304 e. The molecular weight excluding hydrogens is 206 g/mol.